The van der Waals surface area contributed by atoms with Crippen LogP contribution in [0.3, 0.4) is 0 Å². The first-order chi connectivity index (χ1) is 8.15. The minimum atomic E-state index is 1.17. The Balaban J connectivity index is 0. The number of rotatable bonds is 9. The normalized spacial score (nSPS) is 9.82. The van der Waals surface area contributed by atoms with E-state index in [1.807, 2.05) is 19.9 Å². The maximum Gasteiger partial charge on any atom is -0.0351 e. The number of hydrogen-bond acceptors (Lipinski definition) is 0. The van der Waals surface area contributed by atoms with Crippen LogP contribution in [0.1, 0.15) is 72.1 Å². The highest BCUT2D eigenvalue weighted by Gasteiger charge is 1.86. The fourth-order valence-electron chi connectivity index (χ4n) is 1.31. The van der Waals surface area contributed by atoms with Gasteiger partial charge in [-0.25, -0.2) is 0 Å². The molecule has 0 radical (unpaired) electrons. The van der Waals surface area contributed by atoms with Crippen molar-refractivity contribution in [3.8, 4) is 0 Å². The fraction of sp³-hybridized carbons (Fsp3) is 0.647. The van der Waals surface area contributed by atoms with Gasteiger partial charge in [0.2, 0.25) is 0 Å². The minimum Gasteiger partial charge on any atom is -0.103 e. The first-order valence-electron chi connectivity index (χ1n) is 7.03. The fourth-order valence-corrected chi connectivity index (χ4v) is 1.31. The molecule has 0 aromatic carbocycles. The van der Waals surface area contributed by atoms with E-state index >= 15 is 0 Å². The Morgan fingerprint density at radius 3 is 1.82 bits per heavy atom. The molecule has 17 heavy (non-hydrogen) atoms. The lowest BCUT2D eigenvalue weighted by atomic mass is 10.1. The predicted molar refractivity (Wildman–Crippen MR) is 82.4 cm³/mol. The van der Waals surface area contributed by atoms with Gasteiger partial charge in [0.15, 0.2) is 0 Å². The molecule has 0 fully saturated rings. The molecular formula is C17H32. The Labute approximate surface area is 110 Å². The third kappa shape index (κ3) is 31.3. The third-order valence-electron chi connectivity index (χ3n) is 2.15. The van der Waals surface area contributed by atoms with E-state index < -0.39 is 0 Å². The molecule has 0 aliphatic carbocycles. The Hall–Kier alpha value is -0.780. The van der Waals surface area contributed by atoms with Crippen molar-refractivity contribution >= 4 is 0 Å². The zero-order chi connectivity index (χ0) is 13.4. The zero-order valence-corrected chi connectivity index (χ0v) is 12.3. The van der Waals surface area contributed by atoms with E-state index in [4.69, 9.17) is 0 Å². The first-order valence-corrected chi connectivity index (χ1v) is 7.03. The third-order valence-corrected chi connectivity index (χ3v) is 2.15. The zero-order valence-electron chi connectivity index (χ0n) is 12.3. The molecule has 0 N–H and O–H groups in total. The van der Waals surface area contributed by atoms with Crippen molar-refractivity contribution in [2.24, 2.45) is 0 Å². The molecule has 0 heteroatoms. The summed E-state index contributed by atoms with van der Waals surface area (Å²) in [6, 6.07) is 0. The van der Waals surface area contributed by atoms with Crippen LogP contribution in [0.5, 0.6) is 0 Å². The van der Waals surface area contributed by atoms with Gasteiger partial charge < -0.3 is 0 Å². The van der Waals surface area contributed by atoms with Gasteiger partial charge in [0.25, 0.3) is 0 Å². The van der Waals surface area contributed by atoms with Crippen LogP contribution in [0, 0.1) is 0 Å². The molecular weight excluding hydrogens is 204 g/mol. The molecule has 0 atom stereocenters. The van der Waals surface area contributed by atoms with E-state index in [1.165, 1.54) is 56.9 Å². The van der Waals surface area contributed by atoms with Gasteiger partial charge in [-0.3, -0.25) is 0 Å². The molecule has 0 rings (SSSR count). The Bertz CT molecular complexity index is 182. The number of unbranched alkanes of at least 4 members (excludes halogenated alkanes) is 6. The second kappa shape index (κ2) is 17.6. The van der Waals surface area contributed by atoms with Crippen LogP contribution in [0.2, 0.25) is 0 Å². The van der Waals surface area contributed by atoms with Crippen molar-refractivity contribution in [3.05, 3.63) is 37.0 Å². The maximum absolute atomic E-state index is 3.72. The molecule has 0 bridgehead atoms. The molecule has 0 saturated carbocycles. The van der Waals surface area contributed by atoms with Crippen LogP contribution in [0.15, 0.2) is 37.0 Å². The molecule has 0 aromatic rings. The summed E-state index contributed by atoms with van der Waals surface area (Å²) in [4.78, 5) is 0. The molecule has 0 aliphatic rings. The SMILES string of the molecule is C=C(C)C.C=CCCCCCCC=CCCC. The molecule has 0 unspecified atom stereocenters. The van der Waals surface area contributed by atoms with Crippen molar-refractivity contribution in [1.29, 1.82) is 0 Å². The average Bonchev–Trinajstić information content (AvgIpc) is 2.26. The van der Waals surface area contributed by atoms with Crippen LogP contribution < -0.4 is 0 Å². The van der Waals surface area contributed by atoms with Crippen LogP contribution in [0.25, 0.3) is 0 Å². The summed E-state index contributed by atoms with van der Waals surface area (Å²) in [6.45, 7) is 13.4. The van der Waals surface area contributed by atoms with Gasteiger partial charge in [0, 0.05) is 0 Å². The van der Waals surface area contributed by atoms with Crippen molar-refractivity contribution < 1.29 is 0 Å². The Kier molecular flexibility index (Phi) is 19.2. The van der Waals surface area contributed by atoms with Gasteiger partial charge in [0.1, 0.15) is 0 Å². The van der Waals surface area contributed by atoms with Crippen LogP contribution in [0.4, 0.5) is 0 Å². The average molecular weight is 236 g/mol. The van der Waals surface area contributed by atoms with Crippen molar-refractivity contribution in [2.45, 2.75) is 72.1 Å². The molecule has 100 valence electrons. The highest BCUT2D eigenvalue weighted by Crippen LogP contribution is 2.06. The van der Waals surface area contributed by atoms with E-state index in [-0.39, 0.29) is 0 Å². The lowest BCUT2D eigenvalue weighted by molar-refractivity contribution is 0.652. The Morgan fingerprint density at radius 1 is 0.882 bits per heavy atom. The summed E-state index contributed by atoms with van der Waals surface area (Å²) in [5.74, 6) is 0. The topological polar surface area (TPSA) is 0 Å². The van der Waals surface area contributed by atoms with E-state index in [9.17, 15) is 0 Å². The molecule has 0 heterocycles. The first kappa shape index (κ1) is 18.6. The largest absolute Gasteiger partial charge is 0.103 e. The van der Waals surface area contributed by atoms with Crippen LogP contribution in [-0.4, -0.2) is 0 Å². The molecule has 0 nitrogen and oxygen atoms in total. The van der Waals surface area contributed by atoms with Gasteiger partial charge in [-0.2, -0.15) is 0 Å². The highest BCUT2D eigenvalue weighted by molar-refractivity contribution is 4.80. The maximum atomic E-state index is 3.72. The molecule has 0 spiro atoms. The lowest BCUT2D eigenvalue weighted by Crippen LogP contribution is -1.76. The summed E-state index contributed by atoms with van der Waals surface area (Å²) in [7, 11) is 0. The van der Waals surface area contributed by atoms with Crippen LogP contribution >= 0.6 is 0 Å². The van der Waals surface area contributed by atoms with E-state index in [0.717, 1.165) is 0 Å². The molecule has 0 amide bonds. The summed E-state index contributed by atoms with van der Waals surface area (Å²) < 4.78 is 0. The molecule has 0 saturated heterocycles. The monoisotopic (exact) mass is 236 g/mol. The Morgan fingerprint density at radius 2 is 1.35 bits per heavy atom. The molecule has 0 aliphatic heterocycles. The summed E-state index contributed by atoms with van der Waals surface area (Å²) in [6.07, 6.45) is 17.1. The van der Waals surface area contributed by atoms with Gasteiger partial charge >= 0.3 is 0 Å². The summed E-state index contributed by atoms with van der Waals surface area (Å²) in [5.41, 5.74) is 1.17. The van der Waals surface area contributed by atoms with E-state index in [2.05, 4.69) is 32.2 Å². The molecule has 0 aromatic heterocycles. The van der Waals surface area contributed by atoms with Crippen molar-refractivity contribution in [2.75, 3.05) is 0 Å². The van der Waals surface area contributed by atoms with Crippen molar-refractivity contribution in [1.82, 2.24) is 0 Å². The quantitative estimate of drug-likeness (QED) is 0.319. The van der Waals surface area contributed by atoms with Gasteiger partial charge in [0.05, 0.1) is 0 Å². The van der Waals surface area contributed by atoms with Gasteiger partial charge in [-0.1, -0.05) is 50.0 Å². The van der Waals surface area contributed by atoms with E-state index in [0.29, 0.717) is 0 Å². The summed E-state index contributed by atoms with van der Waals surface area (Å²) >= 11 is 0. The standard InChI is InChI=1S/C13H24.C4H8/c1-3-5-7-9-11-13-12-10-8-6-4-2;1-4(2)3/h3,8,10H,1,4-7,9,11-13H2,2H3;1H2,2-3H3. The van der Waals surface area contributed by atoms with Gasteiger partial charge in [-0.05, 0) is 46.0 Å². The second-order valence-electron chi connectivity index (χ2n) is 4.75. The van der Waals surface area contributed by atoms with Crippen molar-refractivity contribution in [3.63, 3.8) is 0 Å². The lowest BCUT2D eigenvalue weighted by Gasteiger charge is -1.96. The predicted octanol–water partition coefficient (Wildman–Crippen LogP) is 6.45. The number of hydrogen-bond donors (Lipinski definition) is 0. The minimum absolute atomic E-state index is 1.17. The number of allylic oxidation sites excluding steroid dienone is 4. The van der Waals surface area contributed by atoms with E-state index in [1.54, 1.807) is 0 Å². The smallest absolute Gasteiger partial charge is 0.0351 e. The highest BCUT2D eigenvalue weighted by atomic mass is 13.9. The second-order valence-corrected chi connectivity index (χ2v) is 4.75. The van der Waals surface area contributed by atoms with Crippen LogP contribution in [-0.2, 0) is 0 Å². The van der Waals surface area contributed by atoms with Gasteiger partial charge in [-0.15, -0.1) is 13.2 Å². The summed E-state index contributed by atoms with van der Waals surface area (Å²) in [5, 5.41) is 0.